The fraction of sp³-hybridized carbons (Fsp3) is 1.00. The quantitative estimate of drug-likeness (QED) is 0.425. The second-order valence-corrected chi connectivity index (χ2v) is 1.90. The van der Waals surface area contributed by atoms with Gasteiger partial charge in [0.25, 0.3) is 6.36 Å². The fourth-order valence-corrected chi connectivity index (χ4v) is 0.553. The largest absolute Gasteiger partial charge is 0.392 e. The molecule has 0 saturated carbocycles. The monoisotopic (exact) mass is 191 g/mol. The SMILES string of the molecule is FC1ON(Br)C1(F)F. The lowest BCUT2D eigenvalue weighted by atomic mass is 10.5. The second-order valence-electron chi connectivity index (χ2n) is 1.25. The Morgan fingerprint density at radius 3 is 2.12 bits per heavy atom. The van der Waals surface area contributed by atoms with Gasteiger partial charge in [-0.05, 0) is 4.09 Å². The Morgan fingerprint density at radius 2 is 2.12 bits per heavy atom. The van der Waals surface area contributed by atoms with E-state index in [4.69, 9.17) is 0 Å². The van der Waals surface area contributed by atoms with Crippen molar-refractivity contribution in [3.05, 3.63) is 0 Å². The Labute approximate surface area is 51.5 Å². The third-order valence-corrected chi connectivity index (χ3v) is 1.33. The molecule has 0 aliphatic carbocycles. The van der Waals surface area contributed by atoms with Crippen molar-refractivity contribution >= 4 is 16.1 Å². The number of hydrogen-bond acceptors (Lipinski definition) is 2. The van der Waals surface area contributed by atoms with E-state index in [1.807, 2.05) is 0 Å². The maximum Gasteiger partial charge on any atom is 0.392 e. The van der Waals surface area contributed by atoms with E-state index in [-0.39, 0.29) is 4.09 Å². The molecule has 1 aliphatic heterocycles. The zero-order chi connectivity index (χ0) is 6.36. The van der Waals surface area contributed by atoms with Crippen molar-refractivity contribution < 1.29 is 18.0 Å². The van der Waals surface area contributed by atoms with Crippen molar-refractivity contribution in [2.24, 2.45) is 0 Å². The highest BCUT2D eigenvalue weighted by molar-refractivity contribution is 9.07. The number of rotatable bonds is 0. The molecule has 1 heterocycles. The predicted octanol–water partition coefficient (Wildman–Crippen LogP) is 1.43. The summed E-state index contributed by atoms with van der Waals surface area (Å²) in [5.41, 5.74) is 0. The van der Waals surface area contributed by atoms with E-state index in [0.29, 0.717) is 0 Å². The van der Waals surface area contributed by atoms with Crippen LogP contribution in [0.4, 0.5) is 13.2 Å². The molecular formula is C2HBrF3NO. The molecule has 0 N–H and O–H groups in total. The highest BCUT2D eigenvalue weighted by Crippen LogP contribution is 2.40. The standard InChI is InChI=1S/C2HBrF3NO/c3-7-2(5,6)1(4)8-7/h1H. The highest BCUT2D eigenvalue weighted by Gasteiger charge is 2.59. The second kappa shape index (κ2) is 1.58. The van der Waals surface area contributed by atoms with Gasteiger partial charge in [0.15, 0.2) is 0 Å². The van der Waals surface area contributed by atoms with Gasteiger partial charge in [-0.15, -0.1) is 0 Å². The molecule has 0 aromatic heterocycles. The Bertz CT molecular complexity index is 99.5. The Hall–Kier alpha value is 0.190. The first-order chi connectivity index (χ1) is 3.55. The van der Waals surface area contributed by atoms with Gasteiger partial charge in [-0.3, -0.25) is 0 Å². The summed E-state index contributed by atoms with van der Waals surface area (Å²) in [6.45, 7) is 0. The summed E-state index contributed by atoms with van der Waals surface area (Å²) in [7, 11) is 0. The molecule has 1 fully saturated rings. The molecule has 0 aromatic rings. The van der Waals surface area contributed by atoms with Crippen molar-refractivity contribution in [1.82, 2.24) is 4.09 Å². The van der Waals surface area contributed by atoms with E-state index >= 15 is 0 Å². The van der Waals surface area contributed by atoms with Crippen molar-refractivity contribution in [3.63, 3.8) is 0 Å². The average Bonchev–Trinajstić information content (AvgIpc) is 1.68. The summed E-state index contributed by atoms with van der Waals surface area (Å²) in [4.78, 5) is 3.69. The molecule has 2 nitrogen and oxygen atoms in total. The summed E-state index contributed by atoms with van der Waals surface area (Å²) in [6, 6.07) is -3.50. The molecule has 0 bridgehead atoms. The van der Waals surface area contributed by atoms with Gasteiger partial charge in [-0.1, -0.05) is 0 Å². The maximum absolute atomic E-state index is 11.7. The molecule has 1 unspecified atom stereocenters. The molecule has 0 radical (unpaired) electrons. The molecule has 1 saturated heterocycles. The smallest absolute Gasteiger partial charge is 0.237 e. The minimum absolute atomic E-state index is 0.00926. The average molecular weight is 192 g/mol. The van der Waals surface area contributed by atoms with E-state index < -0.39 is 12.4 Å². The summed E-state index contributed by atoms with van der Waals surface area (Å²) in [6.07, 6.45) is -2.50. The van der Waals surface area contributed by atoms with Crippen LogP contribution in [-0.2, 0) is 4.84 Å². The molecule has 1 rings (SSSR count). The maximum atomic E-state index is 11.7. The van der Waals surface area contributed by atoms with E-state index in [2.05, 4.69) is 21.0 Å². The van der Waals surface area contributed by atoms with Gasteiger partial charge in [-0.2, -0.15) is 8.78 Å². The van der Waals surface area contributed by atoms with Gasteiger partial charge in [0, 0.05) is 16.1 Å². The molecule has 0 spiro atoms. The number of hydrogen-bond donors (Lipinski definition) is 0. The number of alkyl halides is 3. The first kappa shape index (κ1) is 6.31. The van der Waals surface area contributed by atoms with Crippen molar-refractivity contribution in [3.8, 4) is 0 Å². The summed E-state index contributed by atoms with van der Waals surface area (Å²) < 4.78 is 34.9. The van der Waals surface area contributed by atoms with Crippen LogP contribution >= 0.6 is 16.1 Å². The molecule has 8 heavy (non-hydrogen) atoms. The minimum Gasteiger partial charge on any atom is -0.237 e. The molecule has 1 atom stereocenters. The first-order valence-corrected chi connectivity index (χ1v) is 2.41. The van der Waals surface area contributed by atoms with Crippen LogP contribution in [0.1, 0.15) is 0 Å². The Balaban J connectivity index is 2.52. The van der Waals surface area contributed by atoms with Crippen LogP contribution in [-0.4, -0.2) is 16.5 Å². The lowest BCUT2D eigenvalue weighted by molar-refractivity contribution is -0.452. The van der Waals surface area contributed by atoms with Crippen LogP contribution in [0.5, 0.6) is 0 Å². The Morgan fingerprint density at radius 1 is 1.62 bits per heavy atom. The predicted molar refractivity (Wildman–Crippen MR) is 21.7 cm³/mol. The van der Waals surface area contributed by atoms with Crippen LogP contribution in [0.25, 0.3) is 0 Å². The van der Waals surface area contributed by atoms with Crippen molar-refractivity contribution in [2.75, 3.05) is 0 Å². The van der Waals surface area contributed by atoms with Gasteiger partial charge in [0.2, 0.25) is 0 Å². The lowest BCUT2D eigenvalue weighted by Gasteiger charge is -2.36. The zero-order valence-corrected chi connectivity index (χ0v) is 5.03. The summed E-state index contributed by atoms with van der Waals surface area (Å²) in [5.74, 6) is 0. The third kappa shape index (κ3) is 0.636. The molecule has 1 aliphatic rings. The number of nitrogens with zero attached hydrogens (tertiary/aromatic N) is 1. The van der Waals surface area contributed by atoms with Gasteiger partial charge in [0.1, 0.15) is 0 Å². The molecular weight excluding hydrogens is 191 g/mol. The number of hydroxylamine groups is 1. The first-order valence-electron chi connectivity index (χ1n) is 1.70. The van der Waals surface area contributed by atoms with E-state index in [1.165, 1.54) is 0 Å². The normalized spacial score (nSPS) is 36.8. The highest BCUT2D eigenvalue weighted by atomic mass is 79.9. The molecule has 0 amide bonds. The zero-order valence-electron chi connectivity index (χ0n) is 3.44. The van der Waals surface area contributed by atoms with Crippen LogP contribution < -0.4 is 0 Å². The van der Waals surface area contributed by atoms with Crippen LogP contribution in [0, 0.1) is 0 Å². The topological polar surface area (TPSA) is 12.5 Å². The molecule has 48 valence electrons. The van der Waals surface area contributed by atoms with Crippen LogP contribution in [0.2, 0.25) is 0 Å². The third-order valence-electron chi connectivity index (χ3n) is 0.693. The van der Waals surface area contributed by atoms with Crippen molar-refractivity contribution in [1.29, 1.82) is 0 Å². The molecule has 0 aromatic carbocycles. The van der Waals surface area contributed by atoms with E-state index in [0.717, 1.165) is 0 Å². The lowest BCUT2D eigenvalue weighted by Crippen LogP contribution is -2.56. The fourth-order valence-electron chi connectivity index (χ4n) is 0.246. The van der Waals surface area contributed by atoms with Crippen LogP contribution in [0.3, 0.4) is 0 Å². The van der Waals surface area contributed by atoms with Crippen molar-refractivity contribution in [2.45, 2.75) is 12.4 Å². The van der Waals surface area contributed by atoms with Crippen LogP contribution in [0.15, 0.2) is 0 Å². The van der Waals surface area contributed by atoms with E-state index in [9.17, 15) is 13.2 Å². The summed E-state index contributed by atoms with van der Waals surface area (Å²) >= 11 is 2.24. The van der Waals surface area contributed by atoms with Gasteiger partial charge in [0.05, 0.1) is 0 Å². The van der Waals surface area contributed by atoms with Gasteiger partial charge < -0.3 is 0 Å². The number of halogens is 4. The summed E-state index contributed by atoms with van der Waals surface area (Å²) in [5, 5.41) is 0. The Kier molecular flexibility index (Phi) is 1.25. The van der Waals surface area contributed by atoms with E-state index in [1.54, 1.807) is 0 Å². The minimum atomic E-state index is -3.50. The molecule has 6 heteroatoms. The van der Waals surface area contributed by atoms with Gasteiger partial charge in [-0.25, -0.2) is 9.23 Å². The van der Waals surface area contributed by atoms with Gasteiger partial charge >= 0.3 is 6.05 Å².